The lowest BCUT2D eigenvalue weighted by atomic mass is 10.1. The van der Waals surface area contributed by atoms with Gasteiger partial charge in [0.2, 0.25) is 0 Å². The van der Waals surface area contributed by atoms with Crippen molar-refractivity contribution >= 4 is 0 Å². The molecule has 0 aromatic heterocycles. The zero-order valence-corrected chi connectivity index (χ0v) is 7.73. The summed E-state index contributed by atoms with van der Waals surface area (Å²) in [6.07, 6.45) is 2.94. The summed E-state index contributed by atoms with van der Waals surface area (Å²) in [7, 11) is 0. The van der Waals surface area contributed by atoms with Gasteiger partial charge in [-0.25, -0.2) is 0 Å². The number of aromatic hydroxyl groups is 1. The normalized spacial score (nSPS) is 25.9. The van der Waals surface area contributed by atoms with Gasteiger partial charge in [0.1, 0.15) is 5.75 Å². The maximum atomic E-state index is 9.21. The first-order chi connectivity index (χ1) is 6.25. The highest BCUT2D eigenvalue weighted by Crippen LogP contribution is 2.26. The molecule has 2 rings (SSSR count). The van der Waals surface area contributed by atoms with Crippen molar-refractivity contribution < 1.29 is 9.84 Å². The van der Waals surface area contributed by atoms with E-state index in [9.17, 15) is 5.11 Å². The first kappa shape index (κ1) is 8.57. The van der Waals surface area contributed by atoms with E-state index in [-0.39, 0.29) is 0 Å². The molecule has 0 spiro atoms. The Labute approximate surface area is 78.2 Å². The van der Waals surface area contributed by atoms with Gasteiger partial charge < -0.3 is 9.84 Å². The summed E-state index contributed by atoms with van der Waals surface area (Å²) in [6, 6.07) is 7.42. The minimum absolute atomic E-state index is 0.349. The van der Waals surface area contributed by atoms with Gasteiger partial charge in [-0.05, 0) is 37.5 Å². The highest BCUT2D eigenvalue weighted by Gasteiger charge is 2.33. The van der Waals surface area contributed by atoms with Crippen LogP contribution in [0.2, 0.25) is 0 Å². The fourth-order valence-electron chi connectivity index (χ4n) is 1.55. The summed E-state index contributed by atoms with van der Waals surface area (Å²) >= 11 is 0. The zero-order chi connectivity index (χ0) is 9.26. The van der Waals surface area contributed by atoms with Crippen molar-refractivity contribution in [1.29, 1.82) is 0 Å². The Kier molecular flexibility index (Phi) is 2.23. The van der Waals surface area contributed by atoms with E-state index in [2.05, 4.69) is 6.92 Å². The second-order valence-electron chi connectivity index (χ2n) is 3.59. The van der Waals surface area contributed by atoms with Crippen LogP contribution in [0.4, 0.5) is 0 Å². The Hall–Kier alpha value is -1.02. The molecule has 1 aliphatic heterocycles. The number of aryl methyl sites for hydroxylation is 1. The predicted molar refractivity (Wildman–Crippen MR) is 50.8 cm³/mol. The van der Waals surface area contributed by atoms with E-state index in [4.69, 9.17) is 4.74 Å². The molecule has 1 fully saturated rings. The molecule has 2 unspecified atom stereocenters. The maximum absolute atomic E-state index is 9.21. The molecule has 2 nitrogen and oxygen atoms in total. The molecule has 0 saturated carbocycles. The molecule has 1 aromatic carbocycles. The lowest BCUT2D eigenvalue weighted by molar-refractivity contribution is 0.370. The summed E-state index contributed by atoms with van der Waals surface area (Å²) in [5, 5.41) is 9.21. The van der Waals surface area contributed by atoms with Crippen molar-refractivity contribution in [3.8, 4) is 5.75 Å². The number of ether oxygens (including phenoxy) is 1. The summed E-state index contributed by atoms with van der Waals surface area (Å²) in [5.74, 6) is 0.349. The largest absolute Gasteiger partial charge is 0.508 e. The highest BCUT2D eigenvalue weighted by atomic mass is 16.6. The van der Waals surface area contributed by atoms with Gasteiger partial charge in [-0.2, -0.15) is 0 Å². The number of rotatable bonds is 3. The van der Waals surface area contributed by atoms with Gasteiger partial charge in [0, 0.05) is 0 Å². The number of benzene rings is 1. The second-order valence-corrected chi connectivity index (χ2v) is 3.59. The minimum atomic E-state index is 0.349. The summed E-state index contributed by atoms with van der Waals surface area (Å²) in [6.45, 7) is 2.09. The zero-order valence-electron chi connectivity index (χ0n) is 7.73. The number of epoxide rings is 1. The van der Waals surface area contributed by atoms with E-state index >= 15 is 0 Å². The van der Waals surface area contributed by atoms with Crippen LogP contribution in [0.5, 0.6) is 5.75 Å². The Morgan fingerprint density at radius 2 is 2.23 bits per heavy atom. The smallest absolute Gasteiger partial charge is 0.115 e. The molecule has 1 saturated heterocycles. The summed E-state index contributed by atoms with van der Waals surface area (Å²) < 4.78 is 5.31. The van der Waals surface area contributed by atoms with Crippen LogP contribution in [0.15, 0.2) is 24.3 Å². The molecule has 2 atom stereocenters. The third-order valence-electron chi connectivity index (χ3n) is 2.46. The van der Waals surface area contributed by atoms with Crippen molar-refractivity contribution in [2.24, 2.45) is 0 Å². The first-order valence-electron chi connectivity index (χ1n) is 4.69. The SMILES string of the molecule is CC1OC1CCc1cccc(O)c1. The molecule has 1 aromatic rings. The van der Waals surface area contributed by atoms with E-state index in [0.717, 1.165) is 12.8 Å². The van der Waals surface area contributed by atoms with Crippen LogP contribution >= 0.6 is 0 Å². The average Bonchev–Trinajstić information content (AvgIpc) is 2.79. The van der Waals surface area contributed by atoms with E-state index in [1.165, 1.54) is 5.56 Å². The molecule has 0 radical (unpaired) electrons. The number of phenolic OH excluding ortho intramolecular Hbond substituents is 1. The first-order valence-corrected chi connectivity index (χ1v) is 4.69. The second kappa shape index (κ2) is 3.38. The molecule has 1 N–H and O–H groups in total. The summed E-state index contributed by atoms with van der Waals surface area (Å²) in [5.41, 5.74) is 1.18. The standard InChI is InChI=1S/C11H14O2/c1-8-11(13-8)6-5-9-3-2-4-10(12)7-9/h2-4,7-8,11-12H,5-6H2,1H3. The van der Waals surface area contributed by atoms with E-state index in [1.54, 1.807) is 6.07 Å². The molecular formula is C11H14O2. The van der Waals surface area contributed by atoms with Crippen molar-refractivity contribution in [2.75, 3.05) is 0 Å². The van der Waals surface area contributed by atoms with Crippen LogP contribution in [-0.4, -0.2) is 17.3 Å². The van der Waals surface area contributed by atoms with Crippen molar-refractivity contribution in [3.63, 3.8) is 0 Å². The van der Waals surface area contributed by atoms with Crippen LogP contribution in [0.3, 0.4) is 0 Å². The van der Waals surface area contributed by atoms with Crippen LogP contribution < -0.4 is 0 Å². The quantitative estimate of drug-likeness (QED) is 0.719. The molecule has 0 amide bonds. The van der Waals surface area contributed by atoms with Gasteiger partial charge in [-0.3, -0.25) is 0 Å². The van der Waals surface area contributed by atoms with Crippen LogP contribution in [0, 0.1) is 0 Å². The van der Waals surface area contributed by atoms with Crippen LogP contribution in [0.25, 0.3) is 0 Å². The Balaban J connectivity index is 1.87. The predicted octanol–water partition coefficient (Wildman–Crippen LogP) is 2.11. The van der Waals surface area contributed by atoms with E-state index in [0.29, 0.717) is 18.0 Å². The van der Waals surface area contributed by atoms with E-state index < -0.39 is 0 Å². The Morgan fingerprint density at radius 3 is 2.85 bits per heavy atom. The van der Waals surface area contributed by atoms with Crippen molar-refractivity contribution in [3.05, 3.63) is 29.8 Å². The Morgan fingerprint density at radius 1 is 1.46 bits per heavy atom. The van der Waals surface area contributed by atoms with Crippen LogP contribution in [-0.2, 0) is 11.2 Å². The maximum Gasteiger partial charge on any atom is 0.115 e. The van der Waals surface area contributed by atoms with Crippen molar-refractivity contribution in [1.82, 2.24) is 0 Å². The Bertz CT molecular complexity index is 296. The van der Waals surface area contributed by atoms with E-state index in [1.807, 2.05) is 18.2 Å². The molecule has 70 valence electrons. The van der Waals surface area contributed by atoms with Gasteiger partial charge in [0.05, 0.1) is 12.2 Å². The average molecular weight is 178 g/mol. The molecule has 0 bridgehead atoms. The number of hydrogen-bond acceptors (Lipinski definition) is 2. The van der Waals surface area contributed by atoms with Gasteiger partial charge >= 0.3 is 0 Å². The fraction of sp³-hybridized carbons (Fsp3) is 0.455. The third-order valence-corrected chi connectivity index (χ3v) is 2.46. The minimum Gasteiger partial charge on any atom is -0.508 e. The van der Waals surface area contributed by atoms with Crippen LogP contribution in [0.1, 0.15) is 18.9 Å². The molecule has 13 heavy (non-hydrogen) atoms. The molecule has 1 aliphatic rings. The number of phenols is 1. The van der Waals surface area contributed by atoms with Crippen molar-refractivity contribution in [2.45, 2.75) is 32.0 Å². The van der Waals surface area contributed by atoms with Gasteiger partial charge in [0.25, 0.3) is 0 Å². The summed E-state index contributed by atoms with van der Waals surface area (Å²) in [4.78, 5) is 0. The number of hydrogen-bond donors (Lipinski definition) is 1. The molecular weight excluding hydrogens is 164 g/mol. The molecule has 0 aliphatic carbocycles. The molecule has 2 heteroatoms. The van der Waals surface area contributed by atoms with Gasteiger partial charge in [-0.1, -0.05) is 12.1 Å². The highest BCUT2D eigenvalue weighted by molar-refractivity contribution is 5.27. The van der Waals surface area contributed by atoms with Gasteiger partial charge in [0.15, 0.2) is 0 Å². The lowest BCUT2D eigenvalue weighted by Gasteiger charge is -1.99. The molecule has 1 heterocycles. The fourth-order valence-corrected chi connectivity index (χ4v) is 1.55. The van der Waals surface area contributed by atoms with Gasteiger partial charge in [-0.15, -0.1) is 0 Å². The third kappa shape index (κ3) is 2.22. The monoisotopic (exact) mass is 178 g/mol. The lowest BCUT2D eigenvalue weighted by Crippen LogP contribution is -1.93. The topological polar surface area (TPSA) is 32.8 Å².